The zero-order valence-corrected chi connectivity index (χ0v) is 17.3. The smallest absolute Gasteiger partial charge is 0.417 e. The molecule has 1 saturated heterocycles. The maximum absolute atomic E-state index is 14.7. The van der Waals surface area contributed by atoms with Gasteiger partial charge in [-0.25, -0.2) is 28.1 Å². The Hall–Kier alpha value is -3.70. The maximum atomic E-state index is 14.7. The van der Waals surface area contributed by atoms with Crippen LogP contribution in [0.25, 0.3) is 11.4 Å². The van der Waals surface area contributed by atoms with Crippen molar-refractivity contribution < 1.29 is 35.9 Å². The molecule has 0 radical (unpaired) electrons. The van der Waals surface area contributed by atoms with E-state index in [9.17, 15) is 31.1 Å². The summed E-state index contributed by atoms with van der Waals surface area (Å²) in [6.07, 6.45) is -2.03. The standard InChI is InChI=1S/C22H16F6N4O2/c23-15-4-1-3-14(19-29-8-2-9-30-19)18(15)20(33)32-10-7-21(24,25)16(32)12-34-17-6-5-13(11-31-17)22(26,27)28/h1-6,8-9,11,16H,7,10,12H2. The number of nitrogens with zero attached hydrogens (tertiary/aromatic N) is 4. The van der Waals surface area contributed by atoms with E-state index < -0.39 is 54.0 Å². The van der Waals surface area contributed by atoms with Crippen LogP contribution in [0.3, 0.4) is 0 Å². The highest BCUT2D eigenvalue weighted by Gasteiger charge is 2.52. The second-order valence-electron chi connectivity index (χ2n) is 7.45. The molecule has 2 aromatic heterocycles. The number of pyridine rings is 1. The van der Waals surface area contributed by atoms with Crippen LogP contribution >= 0.6 is 0 Å². The molecular formula is C22H16F6N4O2. The van der Waals surface area contributed by atoms with Gasteiger partial charge in [0.25, 0.3) is 11.8 Å². The van der Waals surface area contributed by atoms with Crippen molar-refractivity contribution in [2.24, 2.45) is 0 Å². The average molecular weight is 482 g/mol. The third kappa shape index (κ3) is 4.66. The highest BCUT2D eigenvalue weighted by atomic mass is 19.4. The third-order valence-corrected chi connectivity index (χ3v) is 5.30. The van der Waals surface area contributed by atoms with Gasteiger partial charge in [0.1, 0.15) is 18.5 Å². The predicted octanol–water partition coefficient (Wildman–Crippen LogP) is 4.63. The van der Waals surface area contributed by atoms with Crippen LogP contribution in [-0.4, -0.2) is 50.9 Å². The number of halogens is 6. The Balaban J connectivity index is 1.59. The summed E-state index contributed by atoms with van der Waals surface area (Å²) in [4.78, 5) is 25.5. The summed E-state index contributed by atoms with van der Waals surface area (Å²) in [5.41, 5.74) is -1.47. The number of hydrogen-bond acceptors (Lipinski definition) is 5. The number of alkyl halides is 5. The average Bonchev–Trinajstić information content (AvgIpc) is 3.11. The maximum Gasteiger partial charge on any atom is 0.417 e. The minimum atomic E-state index is -4.62. The van der Waals surface area contributed by atoms with Crippen LogP contribution in [0.15, 0.2) is 55.0 Å². The van der Waals surface area contributed by atoms with Crippen LogP contribution in [-0.2, 0) is 6.18 Å². The van der Waals surface area contributed by atoms with Crippen LogP contribution in [0, 0.1) is 5.82 Å². The molecular weight excluding hydrogens is 466 g/mol. The van der Waals surface area contributed by atoms with Crippen molar-refractivity contribution in [1.29, 1.82) is 0 Å². The zero-order chi connectivity index (χ0) is 24.5. The van der Waals surface area contributed by atoms with Crippen molar-refractivity contribution in [3.05, 3.63) is 71.9 Å². The lowest BCUT2D eigenvalue weighted by Crippen LogP contribution is -2.46. The molecule has 0 bridgehead atoms. The van der Waals surface area contributed by atoms with E-state index in [4.69, 9.17) is 4.74 Å². The highest BCUT2D eigenvalue weighted by molar-refractivity contribution is 6.00. The molecule has 1 amide bonds. The summed E-state index contributed by atoms with van der Waals surface area (Å²) in [6.45, 7) is -1.15. The summed E-state index contributed by atoms with van der Waals surface area (Å²) in [7, 11) is 0. The monoisotopic (exact) mass is 482 g/mol. The number of ether oxygens (including phenoxy) is 1. The molecule has 1 aliphatic heterocycles. The summed E-state index contributed by atoms with van der Waals surface area (Å²) in [5.74, 6) is -5.61. The number of carbonyl (C=O) groups is 1. The van der Waals surface area contributed by atoms with E-state index in [-0.39, 0.29) is 23.8 Å². The number of benzene rings is 1. The van der Waals surface area contributed by atoms with Gasteiger partial charge in [-0.1, -0.05) is 12.1 Å². The molecule has 34 heavy (non-hydrogen) atoms. The molecule has 3 heterocycles. The number of rotatable bonds is 5. The van der Waals surface area contributed by atoms with E-state index in [1.54, 1.807) is 0 Å². The summed E-state index contributed by atoms with van der Waals surface area (Å²) >= 11 is 0. The lowest BCUT2D eigenvalue weighted by atomic mass is 10.0. The van der Waals surface area contributed by atoms with Crippen LogP contribution in [0.1, 0.15) is 22.3 Å². The number of carbonyl (C=O) groups excluding carboxylic acids is 1. The van der Waals surface area contributed by atoms with E-state index in [0.717, 1.165) is 17.0 Å². The van der Waals surface area contributed by atoms with Gasteiger partial charge < -0.3 is 9.64 Å². The van der Waals surface area contributed by atoms with Gasteiger partial charge in [-0.3, -0.25) is 4.79 Å². The van der Waals surface area contributed by atoms with Crippen molar-refractivity contribution in [2.75, 3.05) is 13.2 Å². The molecule has 1 aliphatic rings. The van der Waals surface area contributed by atoms with E-state index in [0.29, 0.717) is 12.3 Å². The molecule has 4 rings (SSSR count). The van der Waals surface area contributed by atoms with Crippen molar-refractivity contribution in [3.63, 3.8) is 0 Å². The molecule has 178 valence electrons. The molecule has 0 spiro atoms. The van der Waals surface area contributed by atoms with Gasteiger partial charge in [0.05, 0.1) is 11.1 Å². The Labute approximate surface area is 189 Å². The van der Waals surface area contributed by atoms with Crippen LogP contribution in [0.4, 0.5) is 26.3 Å². The molecule has 1 fully saturated rings. The number of hydrogen-bond donors (Lipinski definition) is 0. The first kappa shape index (κ1) is 23.5. The van der Waals surface area contributed by atoms with Crippen molar-refractivity contribution in [1.82, 2.24) is 19.9 Å². The Bertz CT molecular complexity index is 1170. The molecule has 1 unspecified atom stereocenters. The Kier molecular flexibility index (Phi) is 6.15. The molecule has 0 aliphatic carbocycles. The Morgan fingerprint density at radius 1 is 1.09 bits per heavy atom. The summed E-state index contributed by atoms with van der Waals surface area (Å²) in [6, 6.07) is 5.07. The summed E-state index contributed by atoms with van der Waals surface area (Å²) in [5, 5.41) is 0. The lowest BCUT2D eigenvalue weighted by Gasteiger charge is -2.28. The minimum absolute atomic E-state index is 0.0323. The van der Waals surface area contributed by atoms with E-state index in [1.807, 2.05) is 0 Å². The molecule has 0 N–H and O–H groups in total. The second-order valence-corrected chi connectivity index (χ2v) is 7.45. The van der Waals surface area contributed by atoms with Crippen molar-refractivity contribution >= 4 is 5.91 Å². The zero-order valence-electron chi connectivity index (χ0n) is 17.3. The van der Waals surface area contributed by atoms with Gasteiger partial charge in [0.15, 0.2) is 5.82 Å². The Morgan fingerprint density at radius 2 is 1.82 bits per heavy atom. The van der Waals surface area contributed by atoms with Crippen LogP contribution in [0.2, 0.25) is 0 Å². The topological polar surface area (TPSA) is 68.2 Å². The van der Waals surface area contributed by atoms with E-state index in [1.165, 1.54) is 30.6 Å². The first-order valence-electron chi connectivity index (χ1n) is 9.98. The second kappa shape index (κ2) is 8.92. The van der Waals surface area contributed by atoms with E-state index in [2.05, 4.69) is 15.0 Å². The normalized spacial score (nSPS) is 17.6. The number of amides is 1. The molecule has 6 nitrogen and oxygen atoms in total. The third-order valence-electron chi connectivity index (χ3n) is 5.30. The largest absolute Gasteiger partial charge is 0.475 e. The van der Waals surface area contributed by atoms with Crippen LogP contribution in [0.5, 0.6) is 5.88 Å². The molecule has 0 saturated carbocycles. The van der Waals surface area contributed by atoms with Crippen molar-refractivity contribution in [2.45, 2.75) is 24.6 Å². The van der Waals surface area contributed by atoms with Gasteiger partial charge in [-0.2, -0.15) is 13.2 Å². The minimum Gasteiger partial charge on any atom is -0.475 e. The first-order chi connectivity index (χ1) is 16.1. The van der Waals surface area contributed by atoms with Crippen LogP contribution < -0.4 is 4.74 Å². The van der Waals surface area contributed by atoms with Gasteiger partial charge in [-0.15, -0.1) is 0 Å². The number of likely N-dealkylation sites (tertiary alicyclic amines) is 1. The number of aromatic nitrogens is 3. The first-order valence-corrected chi connectivity index (χ1v) is 9.98. The molecule has 12 heteroatoms. The van der Waals surface area contributed by atoms with E-state index >= 15 is 0 Å². The SMILES string of the molecule is O=C(c1c(F)cccc1-c1ncccn1)N1CCC(F)(F)C1COc1ccc(C(F)(F)F)cn1. The summed E-state index contributed by atoms with van der Waals surface area (Å²) < 4.78 is 87.2. The quantitative estimate of drug-likeness (QED) is 0.497. The Morgan fingerprint density at radius 3 is 2.47 bits per heavy atom. The highest BCUT2D eigenvalue weighted by Crippen LogP contribution is 2.37. The predicted molar refractivity (Wildman–Crippen MR) is 107 cm³/mol. The van der Waals surface area contributed by atoms with Gasteiger partial charge in [0, 0.05) is 43.2 Å². The molecule has 1 aromatic carbocycles. The fourth-order valence-electron chi connectivity index (χ4n) is 3.58. The van der Waals surface area contributed by atoms with Crippen molar-refractivity contribution in [3.8, 4) is 17.3 Å². The van der Waals surface area contributed by atoms with Gasteiger partial charge >= 0.3 is 6.18 Å². The van der Waals surface area contributed by atoms with Gasteiger partial charge in [0.2, 0.25) is 5.88 Å². The molecule has 3 aromatic rings. The fraction of sp³-hybridized carbons (Fsp3) is 0.273. The molecule has 1 atom stereocenters. The lowest BCUT2D eigenvalue weighted by molar-refractivity contribution is -0.137. The van der Waals surface area contributed by atoms with Gasteiger partial charge in [-0.05, 0) is 18.2 Å². The fourth-order valence-corrected chi connectivity index (χ4v) is 3.58.